The van der Waals surface area contributed by atoms with Crippen molar-refractivity contribution in [2.24, 2.45) is 5.41 Å². The second kappa shape index (κ2) is 4.84. The highest BCUT2D eigenvalue weighted by Gasteiger charge is 2.61. The summed E-state index contributed by atoms with van der Waals surface area (Å²) in [7, 11) is 0. The Morgan fingerprint density at radius 3 is 2.40 bits per heavy atom. The number of Topliss-reactive ketones (excluding diaryl/α,β-unsaturated/α-hetero) is 1. The zero-order valence-corrected chi connectivity index (χ0v) is 11.2. The van der Waals surface area contributed by atoms with E-state index < -0.39 is 35.3 Å². The Bertz CT molecular complexity index is 522. The van der Waals surface area contributed by atoms with Crippen molar-refractivity contribution in [3.8, 4) is 0 Å². The quantitative estimate of drug-likeness (QED) is 0.669. The smallest absolute Gasteiger partial charge is 0.315 e. The molecule has 1 aliphatic rings. The van der Waals surface area contributed by atoms with Crippen LogP contribution in [0.25, 0.3) is 0 Å². The number of halogens is 4. The molecule has 0 amide bonds. The second-order valence-electron chi connectivity index (χ2n) is 5.27. The molecule has 1 fully saturated rings. The first kappa shape index (κ1) is 15.0. The third kappa shape index (κ3) is 2.22. The number of carbonyl (C=O) groups excluding carboxylic acids is 1. The fourth-order valence-corrected chi connectivity index (χ4v) is 2.70. The van der Waals surface area contributed by atoms with E-state index in [1.54, 1.807) is 6.92 Å². The molecule has 2 rings (SSSR count). The van der Waals surface area contributed by atoms with Gasteiger partial charge in [0.15, 0.2) is 5.78 Å². The van der Waals surface area contributed by atoms with Gasteiger partial charge < -0.3 is 5.32 Å². The molecule has 0 aliphatic carbocycles. The molecule has 0 aromatic heterocycles. The normalized spacial score (nSPS) is 23.1. The first-order valence-corrected chi connectivity index (χ1v) is 6.28. The summed E-state index contributed by atoms with van der Waals surface area (Å²) in [5.41, 5.74) is -2.16. The molecule has 1 unspecified atom stereocenters. The summed E-state index contributed by atoms with van der Waals surface area (Å²) in [6, 6.07) is 2.61. The van der Waals surface area contributed by atoms with Crippen LogP contribution >= 0.6 is 0 Å². The minimum Gasteiger partial charge on any atom is -0.315 e. The summed E-state index contributed by atoms with van der Waals surface area (Å²) < 4.78 is 53.9. The lowest BCUT2D eigenvalue weighted by atomic mass is 9.77. The van der Waals surface area contributed by atoms with Crippen molar-refractivity contribution in [3.63, 3.8) is 0 Å². The van der Waals surface area contributed by atoms with Crippen molar-refractivity contribution in [2.75, 3.05) is 13.1 Å². The van der Waals surface area contributed by atoms with E-state index in [0.717, 1.165) is 6.07 Å². The molecule has 6 heteroatoms. The van der Waals surface area contributed by atoms with Crippen LogP contribution < -0.4 is 5.32 Å². The predicted molar refractivity (Wildman–Crippen MR) is 66.2 cm³/mol. The molecule has 110 valence electrons. The largest absolute Gasteiger partial charge is 0.402 e. The maximum absolute atomic E-state index is 14.0. The summed E-state index contributed by atoms with van der Waals surface area (Å²) in [5.74, 6) is -2.06. The minimum atomic E-state index is -4.70. The van der Waals surface area contributed by atoms with Gasteiger partial charge in [0.25, 0.3) is 0 Å². The van der Waals surface area contributed by atoms with E-state index in [1.807, 2.05) is 0 Å². The lowest BCUT2D eigenvalue weighted by Crippen LogP contribution is -2.47. The Kier molecular flexibility index (Phi) is 3.62. The molecule has 0 spiro atoms. The minimum absolute atomic E-state index is 0.0950. The van der Waals surface area contributed by atoms with E-state index in [9.17, 15) is 22.4 Å². The first-order valence-electron chi connectivity index (χ1n) is 6.28. The molecular formula is C14H15F4NO. The van der Waals surface area contributed by atoms with Gasteiger partial charge in [-0.1, -0.05) is 6.07 Å². The van der Waals surface area contributed by atoms with Crippen LogP contribution in [0.3, 0.4) is 0 Å². The van der Waals surface area contributed by atoms with Crippen molar-refractivity contribution in [1.82, 2.24) is 5.32 Å². The molecular weight excluding hydrogens is 274 g/mol. The Morgan fingerprint density at radius 1 is 1.30 bits per heavy atom. The van der Waals surface area contributed by atoms with Crippen LogP contribution in [0.15, 0.2) is 12.1 Å². The molecule has 2 nitrogen and oxygen atoms in total. The number of nitrogens with one attached hydrogen (secondary N) is 1. The molecule has 1 aromatic carbocycles. The number of carbonyl (C=O) groups is 1. The van der Waals surface area contributed by atoms with Gasteiger partial charge in [-0.25, -0.2) is 4.39 Å². The summed E-state index contributed by atoms with van der Waals surface area (Å²) >= 11 is 0. The van der Waals surface area contributed by atoms with Gasteiger partial charge in [-0.05, 0) is 44.0 Å². The number of benzene rings is 1. The molecule has 1 aliphatic heterocycles. The van der Waals surface area contributed by atoms with Crippen LogP contribution in [-0.4, -0.2) is 25.0 Å². The molecule has 0 saturated carbocycles. The van der Waals surface area contributed by atoms with Gasteiger partial charge in [0, 0.05) is 6.54 Å². The molecule has 1 aromatic rings. The Balaban J connectivity index is 2.55. The molecule has 1 atom stereocenters. The van der Waals surface area contributed by atoms with Crippen LogP contribution in [0, 0.1) is 25.1 Å². The summed E-state index contributed by atoms with van der Waals surface area (Å²) in [6.45, 7) is 2.68. The van der Waals surface area contributed by atoms with E-state index in [4.69, 9.17) is 0 Å². The maximum Gasteiger partial charge on any atom is 0.402 e. The van der Waals surface area contributed by atoms with Crippen LogP contribution in [0.5, 0.6) is 0 Å². The number of rotatable bonds is 2. The molecule has 1 N–H and O–H groups in total. The van der Waals surface area contributed by atoms with E-state index >= 15 is 0 Å². The maximum atomic E-state index is 14.0. The van der Waals surface area contributed by atoms with Gasteiger partial charge in [0.1, 0.15) is 11.2 Å². The number of ketones is 1. The summed E-state index contributed by atoms with van der Waals surface area (Å²) in [6.07, 6.45) is -5.06. The third-order valence-electron chi connectivity index (χ3n) is 3.79. The van der Waals surface area contributed by atoms with E-state index in [0.29, 0.717) is 5.56 Å². The summed E-state index contributed by atoms with van der Waals surface area (Å²) in [4.78, 5) is 12.4. The number of aryl methyl sites for hydroxylation is 2. The fourth-order valence-electron chi connectivity index (χ4n) is 2.70. The average Bonchev–Trinajstić information content (AvgIpc) is 2.76. The van der Waals surface area contributed by atoms with Gasteiger partial charge in [-0.15, -0.1) is 0 Å². The Hall–Kier alpha value is -1.43. The summed E-state index contributed by atoms with van der Waals surface area (Å²) in [5, 5.41) is 2.56. The van der Waals surface area contributed by atoms with Gasteiger partial charge >= 0.3 is 6.18 Å². The highest BCUT2D eigenvalue weighted by atomic mass is 19.4. The molecule has 20 heavy (non-hydrogen) atoms. The van der Waals surface area contributed by atoms with Crippen LogP contribution in [-0.2, 0) is 0 Å². The topological polar surface area (TPSA) is 29.1 Å². The number of hydrogen-bond donors (Lipinski definition) is 1. The van der Waals surface area contributed by atoms with Crippen molar-refractivity contribution in [1.29, 1.82) is 0 Å². The zero-order chi connectivity index (χ0) is 15.1. The van der Waals surface area contributed by atoms with E-state index in [2.05, 4.69) is 5.32 Å². The zero-order valence-electron chi connectivity index (χ0n) is 11.2. The molecule has 0 bridgehead atoms. The van der Waals surface area contributed by atoms with Crippen molar-refractivity contribution >= 4 is 5.78 Å². The monoisotopic (exact) mass is 289 g/mol. The van der Waals surface area contributed by atoms with Crippen molar-refractivity contribution < 1.29 is 22.4 Å². The van der Waals surface area contributed by atoms with Gasteiger partial charge in [0.2, 0.25) is 0 Å². The Labute approximate surface area is 114 Å². The first-order chi connectivity index (χ1) is 9.19. The molecule has 1 saturated heterocycles. The van der Waals surface area contributed by atoms with Crippen LogP contribution in [0.4, 0.5) is 17.6 Å². The molecule has 0 radical (unpaired) electrons. The standard InChI is InChI=1S/C14H15F4NO/c1-8-5-9(2)11(10(15)6-8)12(20)13(14(16,17)18)3-4-19-7-13/h5-6,19H,3-4,7H2,1-2H3. The van der Waals surface area contributed by atoms with Crippen molar-refractivity contribution in [3.05, 3.63) is 34.6 Å². The lowest BCUT2D eigenvalue weighted by Gasteiger charge is -2.30. The number of hydrogen-bond acceptors (Lipinski definition) is 2. The molecule has 1 heterocycles. The van der Waals surface area contributed by atoms with Gasteiger partial charge in [0.05, 0.1) is 5.56 Å². The number of alkyl halides is 3. The highest BCUT2D eigenvalue weighted by molar-refractivity contribution is 6.03. The second-order valence-corrected chi connectivity index (χ2v) is 5.27. The van der Waals surface area contributed by atoms with E-state index in [1.165, 1.54) is 13.0 Å². The van der Waals surface area contributed by atoms with E-state index in [-0.39, 0.29) is 18.5 Å². The third-order valence-corrected chi connectivity index (χ3v) is 3.79. The predicted octanol–water partition coefficient (Wildman–Crippen LogP) is 3.17. The van der Waals surface area contributed by atoms with Crippen LogP contribution in [0.1, 0.15) is 27.9 Å². The van der Waals surface area contributed by atoms with Crippen LogP contribution in [0.2, 0.25) is 0 Å². The lowest BCUT2D eigenvalue weighted by molar-refractivity contribution is -0.197. The average molecular weight is 289 g/mol. The van der Waals surface area contributed by atoms with Crippen molar-refractivity contribution in [2.45, 2.75) is 26.4 Å². The fraction of sp³-hybridized carbons (Fsp3) is 0.500. The van der Waals surface area contributed by atoms with Gasteiger partial charge in [-0.3, -0.25) is 4.79 Å². The Morgan fingerprint density at radius 2 is 1.95 bits per heavy atom. The van der Waals surface area contributed by atoms with Gasteiger partial charge in [-0.2, -0.15) is 13.2 Å². The highest BCUT2D eigenvalue weighted by Crippen LogP contribution is 2.46. The SMILES string of the molecule is Cc1cc(C)c(C(=O)C2(C(F)(F)F)CCNC2)c(F)c1.